The Morgan fingerprint density at radius 2 is 1.76 bits per heavy atom. The normalized spacial score (nSPS) is 12.5. The molecule has 0 amide bonds. The first kappa shape index (κ1) is 14.0. The van der Waals surface area contributed by atoms with Crippen molar-refractivity contribution in [3.05, 3.63) is 28.8 Å². The first-order valence-electron chi connectivity index (χ1n) is 6.50. The first-order valence-corrected chi connectivity index (χ1v) is 6.50. The molecule has 2 heteroatoms. The Labute approximate surface area is 105 Å². The van der Waals surface area contributed by atoms with Gasteiger partial charge in [0.05, 0.1) is 7.11 Å². The summed E-state index contributed by atoms with van der Waals surface area (Å²) in [6.45, 7) is 6.37. The highest BCUT2D eigenvalue weighted by Gasteiger charge is 2.10. The van der Waals surface area contributed by atoms with E-state index in [4.69, 9.17) is 10.5 Å². The van der Waals surface area contributed by atoms with Crippen LogP contribution in [0.2, 0.25) is 0 Å². The zero-order valence-corrected chi connectivity index (χ0v) is 11.5. The number of aryl methyl sites for hydroxylation is 2. The third-order valence-electron chi connectivity index (χ3n) is 3.23. The molecule has 17 heavy (non-hydrogen) atoms. The molecule has 0 aliphatic rings. The molecule has 1 unspecified atom stereocenters. The van der Waals surface area contributed by atoms with Gasteiger partial charge >= 0.3 is 0 Å². The molecule has 1 aromatic rings. The second-order valence-corrected chi connectivity index (χ2v) is 4.79. The maximum atomic E-state index is 6.22. The van der Waals surface area contributed by atoms with Gasteiger partial charge in [0, 0.05) is 6.04 Å². The van der Waals surface area contributed by atoms with E-state index in [1.165, 1.54) is 36.0 Å². The van der Waals surface area contributed by atoms with Crippen LogP contribution in [0.25, 0.3) is 0 Å². The molecule has 1 atom stereocenters. The van der Waals surface area contributed by atoms with Gasteiger partial charge < -0.3 is 10.5 Å². The van der Waals surface area contributed by atoms with Gasteiger partial charge in [-0.2, -0.15) is 0 Å². The van der Waals surface area contributed by atoms with Crippen molar-refractivity contribution in [3.8, 4) is 5.75 Å². The molecule has 0 aliphatic carbocycles. The van der Waals surface area contributed by atoms with Crippen LogP contribution in [0, 0.1) is 13.8 Å². The van der Waals surface area contributed by atoms with E-state index in [2.05, 4.69) is 32.9 Å². The number of benzene rings is 1. The lowest BCUT2D eigenvalue weighted by molar-refractivity contribution is 0.408. The van der Waals surface area contributed by atoms with Gasteiger partial charge in [-0.1, -0.05) is 38.3 Å². The monoisotopic (exact) mass is 235 g/mol. The standard InChI is InChI=1S/C15H25NO/c1-5-6-7-8-14(16)13-9-11(2)15(17-4)12(3)10-13/h9-10,14H,5-8,16H2,1-4H3. The Hall–Kier alpha value is -1.02. The van der Waals surface area contributed by atoms with Gasteiger partial charge in [0.2, 0.25) is 0 Å². The molecule has 0 fully saturated rings. The number of rotatable bonds is 6. The van der Waals surface area contributed by atoms with Crippen LogP contribution in [0.4, 0.5) is 0 Å². The number of unbranched alkanes of at least 4 members (excludes halogenated alkanes) is 2. The molecular weight excluding hydrogens is 210 g/mol. The van der Waals surface area contributed by atoms with Crippen molar-refractivity contribution in [2.45, 2.75) is 52.5 Å². The summed E-state index contributed by atoms with van der Waals surface area (Å²) in [6.07, 6.45) is 4.79. The second kappa shape index (κ2) is 6.65. The Bertz CT molecular complexity index is 337. The van der Waals surface area contributed by atoms with Crippen LogP contribution in [-0.2, 0) is 0 Å². The molecule has 96 valence electrons. The lowest BCUT2D eigenvalue weighted by Crippen LogP contribution is -2.11. The molecule has 0 radical (unpaired) electrons. The van der Waals surface area contributed by atoms with Crippen molar-refractivity contribution < 1.29 is 4.74 Å². The largest absolute Gasteiger partial charge is 0.496 e. The van der Waals surface area contributed by atoms with E-state index in [0.717, 1.165) is 12.2 Å². The van der Waals surface area contributed by atoms with Gasteiger partial charge in [0.25, 0.3) is 0 Å². The first-order chi connectivity index (χ1) is 8.10. The summed E-state index contributed by atoms with van der Waals surface area (Å²) in [5, 5.41) is 0. The zero-order valence-electron chi connectivity index (χ0n) is 11.5. The SMILES string of the molecule is CCCCCC(N)c1cc(C)c(OC)c(C)c1. The Balaban J connectivity index is 2.77. The van der Waals surface area contributed by atoms with E-state index in [0.29, 0.717) is 0 Å². The maximum Gasteiger partial charge on any atom is 0.124 e. The molecule has 1 aromatic carbocycles. The van der Waals surface area contributed by atoms with Crippen LogP contribution < -0.4 is 10.5 Å². The Morgan fingerprint density at radius 3 is 2.24 bits per heavy atom. The van der Waals surface area contributed by atoms with Crippen molar-refractivity contribution in [2.24, 2.45) is 5.73 Å². The van der Waals surface area contributed by atoms with Crippen molar-refractivity contribution >= 4 is 0 Å². The summed E-state index contributed by atoms with van der Waals surface area (Å²) in [6, 6.07) is 4.47. The van der Waals surface area contributed by atoms with Crippen molar-refractivity contribution in [2.75, 3.05) is 7.11 Å². The van der Waals surface area contributed by atoms with Crippen LogP contribution in [0.5, 0.6) is 5.75 Å². The predicted octanol–water partition coefficient (Wildman–Crippen LogP) is 3.89. The van der Waals surface area contributed by atoms with Gasteiger partial charge in [-0.05, 0) is 37.0 Å². The Kier molecular flexibility index (Phi) is 5.49. The lowest BCUT2D eigenvalue weighted by Gasteiger charge is -2.16. The van der Waals surface area contributed by atoms with E-state index in [-0.39, 0.29) is 6.04 Å². The summed E-state index contributed by atoms with van der Waals surface area (Å²) >= 11 is 0. The Morgan fingerprint density at radius 1 is 1.18 bits per heavy atom. The smallest absolute Gasteiger partial charge is 0.124 e. The minimum absolute atomic E-state index is 0.157. The molecule has 2 N–H and O–H groups in total. The van der Waals surface area contributed by atoms with Gasteiger partial charge in [-0.3, -0.25) is 0 Å². The van der Waals surface area contributed by atoms with E-state index in [9.17, 15) is 0 Å². The summed E-state index contributed by atoms with van der Waals surface area (Å²) in [4.78, 5) is 0. The number of ether oxygens (including phenoxy) is 1. The van der Waals surface area contributed by atoms with Gasteiger partial charge in [0.1, 0.15) is 5.75 Å². The fraction of sp³-hybridized carbons (Fsp3) is 0.600. The van der Waals surface area contributed by atoms with Gasteiger partial charge in [0.15, 0.2) is 0 Å². The summed E-state index contributed by atoms with van der Waals surface area (Å²) < 4.78 is 5.37. The lowest BCUT2D eigenvalue weighted by atomic mass is 9.97. The van der Waals surface area contributed by atoms with Crippen LogP contribution in [0.15, 0.2) is 12.1 Å². The number of nitrogens with two attached hydrogens (primary N) is 1. The minimum atomic E-state index is 0.157. The van der Waals surface area contributed by atoms with Crippen LogP contribution >= 0.6 is 0 Å². The van der Waals surface area contributed by atoms with E-state index in [1.54, 1.807) is 7.11 Å². The number of hydrogen-bond acceptors (Lipinski definition) is 2. The summed E-state index contributed by atoms with van der Waals surface area (Å²) in [7, 11) is 1.72. The molecule has 0 bridgehead atoms. The highest BCUT2D eigenvalue weighted by molar-refractivity contribution is 5.44. The molecule has 0 aliphatic heterocycles. The second-order valence-electron chi connectivity index (χ2n) is 4.79. The molecule has 0 spiro atoms. The summed E-state index contributed by atoms with van der Waals surface area (Å²) in [5.41, 5.74) is 9.81. The molecule has 0 saturated carbocycles. The highest BCUT2D eigenvalue weighted by Crippen LogP contribution is 2.28. The van der Waals surface area contributed by atoms with Crippen LogP contribution in [0.3, 0.4) is 0 Å². The van der Waals surface area contributed by atoms with Crippen LogP contribution in [-0.4, -0.2) is 7.11 Å². The van der Waals surface area contributed by atoms with E-state index < -0.39 is 0 Å². The summed E-state index contributed by atoms with van der Waals surface area (Å²) in [5.74, 6) is 0.981. The molecule has 0 aromatic heterocycles. The van der Waals surface area contributed by atoms with Crippen molar-refractivity contribution in [1.82, 2.24) is 0 Å². The molecular formula is C15H25NO. The highest BCUT2D eigenvalue weighted by atomic mass is 16.5. The molecule has 1 rings (SSSR count). The number of methoxy groups -OCH3 is 1. The number of hydrogen-bond donors (Lipinski definition) is 1. The van der Waals surface area contributed by atoms with Gasteiger partial charge in [-0.25, -0.2) is 0 Å². The molecule has 0 heterocycles. The van der Waals surface area contributed by atoms with E-state index in [1.807, 2.05) is 0 Å². The third kappa shape index (κ3) is 3.74. The predicted molar refractivity (Wildman–Crippen MR) is 73.5 cm³/mol. The average Bonchev–Trinajstić information content (AvgIpc) is 2.28. The van der Waals surface area contributed by atoms with Crippen molar-refractivity contribution in [1.29, 1.82) is 0 Å². The zero-order chi connectivity index (χ0) is 12.8. The van der Waals surface area contributed by atoms with Crippen molar-refractivity contribution in [3.63, 3.8) is 0 Å². The van der Waals surface area contributed by atoms with Crippen LogP contribution in [0.1, 0.15) is 55.3 Å². The third-order valence-corrected chi connectivity index (χ3v) is 3.23. The average molecular weight is 235 g/mol. The maximum absolute atomic E-state index is 6.22. The quantitative estimate of drug-likeness (QED) is 0.759. The van der Waals surface area contributed by atoms with Gasteiger partial charge in [-0.15, -0.1) is 0 Å². The fourth-order valence-electron chi connectivity index (χ4n) is 2.30. The topological polar surface area (TPSA) is 35.2 Å². The minimum Gasteiger partial charge on any atom is -0.496 e. The fourth-order valence-corrected chi connectivity index (χ4v) is 2.30. The molecule has 0 saturated heterocycles. The van der Waals surface area contributed by atoms with E-state index >= 15 is 0 Å². The molecule has 2 nitrogen and oxygen atoms in total.